The standard InChI is InChI=1S/C23H23F2N7/c1-14-6-7-16(11-19(14)24)18-5-3-4-10-31-22(18)28-23(30-31)27-17-8-9-21(20(25)12-17)32-13-26-15(2)29-32/h6-9,11-13,18H,3-5,10H2,1-2H3,(H,27,30). The monoisotopic (exact) mass is 435 g/mol. The van der Waals surface area contributed by atoms with Crippen LogP contribution in [0.5, 0.6) is 0 Å². The Kier molecular flexibility index (Phi) is 5.16. The Labute approximate surface area is 184 Å². The van der Waals surface area contributed by atoms with Crippen LogP contribution in [-0.2, 0) is 6.54 Å². The molecule has 7 nitrogen and oxygen atoms in total. The van der Waals surface area contributed by atoms with Gasteiger partial charge in [0.15, 0.2) is 5.82 Å². The summed E-state index contributed by atoms with van der Waals surface area (Å²) in [7, 11) is 0. The largest absolute Gasteiger partial charge is 0.323 e. The molecule has 0 radical (unpaired) electrons. The molecular formula is C23H23F2N7. The summed E-state index contributed by atoms with van der Waals surface area (Å²) in [6, 6.07) is 10.1. The van der Waals surface area contributed by atoms with E-state index in [1.807, 2.05) is 10.7 Å². The summed E-state index contributed by atoms with van der Waals surface area (Å²) in [4.78, 5) is 8.73. The molecule has 2 aromatic carbocycles. The molecule has 0 fully saturated rings. The van der Waals surface area contributed by atoms with E-state index in [4.69, 9.17) is 4.98 Å². The fourth-order valence-electron chi connectivity index (χ4n) is 4.07. The predicted octanol–water partition coefficient (Wildman–Crippen LogP) is 4.81. The normalized spacial score (nSPS) is 15.9. The van der Waals surface area contributed by atoms with E-state index in [1.165, 1.54) is 17.1 Å². The van der Waals surface area contributed by atoms with Crippen LogP contribution in [0, 0.1) is 25.5 Å². The van der Waals surface area contributed by atoms with Gasteiger partial charge in [0.1, 0.15) is 29.5 Å². The van der Waals surface area contributed by atoms with Gasteiger partial charge < -0.3 is 5.32 Å². The lowest BCUT2D eigenvalue weighted by Gasteiger charge is -2.14. The Morgan fingerprint density at radius 3 is 2.62 bits per heavy atom. The highest BCUT2D eigenvalue weighted by molar-refractivity contribution is 5.56. The van der Waals surface area contributed by atoms with Gasteiger partial charge in [-0.1, -0.05) is 18.6 Å². The van der Waals surface area contributed by atoms with Gasteiger partial charge in [0, 0.05) is 18.2 Å². The van der Waals surface area contributed by atoms with Gasteiger partial charge in [-0.05, 0) is 62.1 Å². The fourth-order valence-corrected chi connectivity index (χ4v) is 4.07. The van der Waals surface area contributed by atoms with Crippen molar-refractivity contribution in [3.8, 4) is 5.69 Å². The Morgan fingerprint density at radius 2 is 1.88 bits per heavy atom. The maximum absolute atomic E-state index is 14.7. The molecule has 0 bridgehead atoms. The molecule has 1 N–H and O–H groups in total. The molecule has 3 heterocycles. The third kappa shape index (κ3) is 3.86. The third-order valence-electron chi connectivity index (χ3n) is 5.78. The number of aromatic nitrogens is 6. The summed E-state index contributed by atoms with van der Waals surface area (Å²) in [6.45, 7) is 4.25. The van der Waals surface area contributed by atoms with Crippen LogP contribution in [0.25, 0.3) is 5.69 Å². The average Bonchev–Trinajstić information content (AvgIpc) is 3.31. The van der Waals surface area contributed by atoms with Crippen LogP contribution in [0.15, 0.2) is 42.7 Å². The summed E-state index contributed by atoms with van der Waals surface area (Å²) in [5.74, 6) is 1.07. The van der Waals surface area contributed by atoms with Crippen molar-refractivity contribution in [1.29, 1.82) is 0 Å². The van der Waals surface area contributed by atoms with Crippen LogP contribution in [0.4, 0.5) is 20.4 Å². The van der Waals surface area contributed by atoms with Gasteiger partial charge in [0.2, 0.25) is 5.95 Å². The number of rotatable bonds is 4. The highest BCUT2D eigenvalue weighted by Crippen LogP contribution is 2.33. The van der Waals surface area contributed by atoms with E-state index < -0.39 is 5.82 Å². The Bertz CT molecular complexity index is 1280. The van der Waals surface area contributed by atoms with Crippen molar-refractivity contribution >= 4 is 11.6 Å². The Morgan fingerprint density at radius 1 is 1.00 bits per heavy atom. The zero-order valence-corrected chi connectivity index (χ0v) is 17.9. The number of anilines is 2. The molecule has 5 rings (SSSR count). The van der Waals surface area contributed by atoms with Crippen molar-refractivity contribution in [3.63, 3.8) is 0 Å². The summed E-state index contributed by atoms with van der Waals surface area (Å²) in [6.07, 6.45) is 4.34. The minimum absolute atomic E-state index is 0.0367. The smallest absolute Gasteiger partial charge is 0.246 e. The second-order valence-electron chi connectivity index (χ2n) is 8.10. The molecule has 0 saturated heterocycles. The molecule has 1 aliphatic heterocycles. The van der Waals surface area contributed by atoms with Crippen molar-refractivity contribution < 1.29 is 8.78 Å². The second kappa shape index (κ2) is 8.14. The molecule has 2 aromatic heterocycles. The van der Waals surface area contributed by atoms with E-state index in [9.17, 15) is 8.78 Å². The first-order chi connectivity index (χ1) is 15.5. The van der Waals surface area contributed by atoms with E-state index in [-0.39, 0.29) is 11.7 Å². The fraction of sp³-hybridized carbons (Fsp3) is 0.304. The van der Waals surface area contributed by atoms with Crippen LogP contribution in [0.3, 0.4) is 0 Å². The molecule has 32 heavy (non-hydrogen) atoms. The first-order valence-corrected chi connectivity index (χ1v) is 10.6. The second-order valence-corrected chi connectivity index (χ2v) is 8.10. The molecule has 9 heteroatoms. The van der Waals surface area contributed by atoms with Crippen LogP contribution in [0.1, 0.15) is 48.0 Å². The maximum Gasteiger partial charge on any atom is 0.246 e. The Hall–Kier alpha value is -3.62. The van der Waals surface area contributed by atoms with Crippen molar-refractivity contribution in [2.24, 2.45) is 0 Å². The van der Waals surface area contributed by atoms with E-state index in [0.29, 0.717) is 28.7 Å². The highest BCUT2D eigenvalue weighted by atomic mass is 19.1. The number of hydrogen-bond donors (Lipinski definition) is 1. The Balaban J connectivity index is 1.42. The van der Waals surface area contributed by atoms with Crippen LogP contribution < -0.4 is 5.32 Å². The van der Waals surface area contributed by atoms with Crippen molar-refractivity contribution in [1.82, 2.24) is 29.5 Å². The molecule has 0 spiro atoms. The van der Waals surface area contributed by atoms with Crippen molar-refractivity contribution in [2.75, 3.05) is 5.32 Å². The number of aryl methyl sites for hydroxylation is 3. The molecule has 1 unspecified atom stereocenters. The zero-order valence-electron chi connectivity index (χ0n) is 17.9. The maximum atomic E-state index is 14.7. The van der Waals surface area contributed by atoms with Crippen molar-refractivity contribution in [2.45, 2.75) is 45.6 Å². The van der Waals surface area contributed by atoms with Gasteiger partial charge >= 0.3 is 0 Å². The molecular weight excluding hydrogens is 412 g/mol. The molecule has 164 valence electrons. The number of nitrogens with zero attached hydrogens (tertiary/aromatic N) is 6. The first kappa shape index (κ1) is 20.3. The SMILES string of the molecule is Cc1ncn(-c2ccc(Nc3nc4n(n3)CCCCC4c3ccc(C)c(F)c3)cc2F)n1. The quantitative estimate of drug-likeness (QED) is 0.498. The lowest BCUT2D eigenvalue weighted by molar-refractivity contribution is 0.575. The number of benzene rings is 2. The molecule has 1 atom stereocenters. The number of halogens is 2. The molecule has 1 aliphatic rings. The minimum atomic E-state index is -0.436. The van der Waals surface area contributed by atoms with E-state index >= 15 is 0 Å². The van der Waals surface area contributed by atoms with Gasteiger partial charge in [0.05, 0.1) is 0 Å². The van der Waals surface area contributed by atoms with Gasteiger partial charge in [-0.2, -0.15) is 10.1 Å². The molecule has 0 saturated carbocycles. The van der Waals surface area contributed by atoms with Crippen LogP contribution in [-0.4, -0.2) is 29.5 Å². The highest BCUT2D eigenvalue weighted by Gasteiger charge is 2.25. The van der Waals surface area contributed by atoms with Crippen LogP contribution in [0.2, 0.25) is 0 Å². The number of hydrogen-bond acceptors (Lipinski definition) is 5. The van der Waals surface area contributed by atoms with E-state index in [0.717, 1.165) is 37.2 Å². The zero-order chi connectivity index (χ0) is 22.2. The van der Waals surface area contributed by atoms with Gasteiger partial charge in [-0.25, -0.2) is 23.1 Å². The molecule has 0 amide bonds. The van der Waals surface area contributed by atoms with Gasteiger partial charge in [-0.15, -0.1) is 5.10 Å². The lowest BCUT2D eigenvalue weighted by Crippen LogP contribution is -2.09. The third-order valence-corrected chi connectivity index (χ3v) is 5.78. The summed E-state index contributed by atoms with van der Waals surface area (Å²) in [5.41, 5.74) is 2.36. The van der Waals surface area contributed by atoms with E-state index in [2.05, 4.69) is 20.5 Å². The predicted molar refractivity (Wildman–Crippen MR) is 116 cm³/mol. The first-order valence-electron chi connectivity index (χ1n) is 10.6. The van der Waals surface area contributed by atoms with Crippen molar-refractivity contribution in [3.05, 3.63) is 77.1 Å². The number of nitrogens with one attached hydrogen (secondary N) is 1. The summed E-state index contributed by atoms with van der Waals surface area (Å²) in [5, 5.41) is 11.8. The summed E-state index contributed by atoms with van der Waals surface area (Å²) >= 11 is 0. The average molecular weight is 435 g/mol. The summed E-state index contributed by atoms with van der Waals surface area (Å²) < 4.78 is 32.1. The van der Waals surface area contributed by atoms with Crippen LogP contribution >= 0.6 is 0 Å². The topological polar surface area (TPSA) is 73.5 Å². The lowest BCUT2D eigenvalue weighted by atomic mass is 9.93. The number of fused-ring (bicyclic) bond motifs is 1. The van der Waals surface area contributed by atoms with Gasteiger partial charge in [0.25, 0.3) is 0 Å². The molecule has 0 aliphatic carbocycles. The van der Waals surface area contributed by atoms with Gasteiger partial charge in [-0.3, -0.25) is 0 Å². The minimum Gasteiger partial charge on any atom is -0.323 e. The van der Waals surface area contributed by atoms with E-state index in [1.54, 1.807) is 38.1 Å². The molecule has 4 aromatic rings.